The average Bonchev–Trinajstić information content (AvgIpc) is 3.16. The highest BCUT2D eigenvalue weighted by Crippen LogP contribution is 2.40. The second-order valence-corrected chi connectivity index (χ2v) is 13.1. The van der Waals surface area contributed by atoms with Crippen molar-refractivity contribution in [1.82, 2.24) is 0 Å². The van der Waals surface area contributed by atoms with Gasteiger partial charge in [-0.3, -0.25) is 4.79 Å². The predicted octanol–water partition coefficient (Wildman–Crippen LogP) is -5.15. The van der Waals surface area contributed by atoms with Gasteiger partial charge in [0.15, 0.2) is 29.7 Å². The van der Waals surface area contributed by atoms with Crippen LogP contribution in [-0.2, 0) is 23.7 Å². The first-order chi connectivity index (χ1) is 26.4. The minimum atomic E-state index is -2.11. The van der Waals surface area contributed by atoms with Gasteiger partial charge in [0.05, 0.1) is 13.2 Å². The number of fused-ring (bicyclic) bond motifs is 1. The molecule has 15 atom stereocenters. The fraction of sp³-hybridized carbons (Fsp3) is 0.515. The van der Waals surface area contributed by atoms with Crippen molar-refractivity contribution in [2.75, 3.05) is 13.2 Å². The molecule has 0 aliphatic carbocycles. The molecule has 23 heteroatoms. The maximum absolute atomic E-state index is 14.1. The van der Waals surface area contributed by atoms with Crippen LogP contribution >= 0.6 is 0 Å². The van der Waals surface area contributed by atoms with Gasteiger partial charge in [-0.1, -0.05) is 0 Å². The summed E-state index contributed by atoms with van der Waals surface area (Å²) in [6, 6.07) is 4.83. The average molecular weight is 803 g/mol. The fourth-order valence-corrected chi connectivity index (χ4v) is 6.23. The standard InChI is InChI=1S/C33H38O23/c34-6-14-17(38)20(41)24(45)31(53-14)50-7-15-18(39)21(42)25(46)33(54-15)55-28-19(40)16-12(37)4-9(51-32-26(47)22(43)23(44)29(56-32)30(48)49)5-13(16)52-27(28)8-1-2-10(35)11(36)3-8/h1-5,14-15,17-18,20-26,29,31-39,41-47H,6-7H2,(H,48,49)/t14-,15-,17-,18-,20+,21+,22-,23-,24-,25-,26+,29-,31-,32+,33+/m0/s1. The van der Waals surface area contributed by atoms with Crippen molar-refractivity contribution < 1.29 is 109 Å². The van der Waals surface area contributed by atoms with Crippen LogP contribution < -0.4 is 14.9 Å². The van der Waals surface area contributed by atoms with E-state index in [1.54, 1.807) is 0 Å². The van der Waals surface area contributed by atoms with Crippen LogP contribution in [0.1, 0.15) is 0 Å². The first-order valence-corrected chi connectivity index (χ1v) is 16.7. The van der Waals surface area contributed by atoms with E-state index in [0.29, 0.717) is 0 Å². The molecule has 14 N–H and O–H groups in total. The lowest BCUT2D eigenvalue weighted by Crippen LogP contribution is -2.62. The van der Waals surface area contributed by atoms with Gasteiger partial charge >= 0.3 is 5.97 Å². The summed E-state index contributed by atoms with van der Waals surface area (Å²) in [7, 11) is 0. The van der Waals surface area contributed by atoms with E-state index in [9.17, 15) is 81.1 Å². The van der Waals surface area contributed by atoms with Gasteiger partial charge in [0, 0.05) is 17.7 Å². The van der Waals surface area contributed by atoms with E-state index >= 15 is 0 Å². The molecule has 56 heavy (non-hydrogen) atoms. The zero-order valence-electron chi connectivity index (χ0n) is 28.4. The molecule has 3 aromatic rings. The number of hydrogen-bond donors (Lipinski definition) is 14. The van der Waals surface area contributed by atoms with Crippen molar-refractivity contribution in [1.29, 1.82) is 0 Å². The SMILES string of the molecule is O=C(O)[C@H]1O[C@@H](Oc2cc(O)c3c(=O)c(O[C@H]4O[C@@H](CO[C@H]5O[C@@H](CO)[C@H](O)[C@@H](O)[C@@H]5O)[C@H](O)[C@@H](O)[C@@H]4O)c(-c4ccc(O)c(O)c4)oc3c2)[C@H](O)[C@@H](O)[C@@H]1O. The molecule has 308 valence electrons. The maximum Gasteiger partial charge on any atom is 0.335 e. The highest BCUT2D eigenvalue weighted by atomic mass is 16.7. The topological polar surface area (TPSA) is 386 Å². The molecule has 4 heterocycles. The molecule has 0 bridgehead atoms. The first kappa shape index (κ1) is 41.2. The van der Waals surface area contributed by atoms with Gasteiger partial charge in [0.1, 0.15) is 89.6 Å². The number of carboxylic acids is 1. The van der Waals surface area contributed by atoms with E-state index in [1.807, 2.05) is 0 Å². The third-order valence-corrected chi connectivity index (χ3v) is 9.38. The van der Waals surface area contributed by atoms with Crippen LogP contribution in [0, 0.1) is 0 Å². The van der Waals surface area contributed by atoms with Gasteiger partial charge in [-0.15, -0.1) is 0 Å². The smallest absolute Gasteiger partial charge is 0.335 e. The van der Waals surface area contributed by atoms with Crippen molar-refractivity contribution in [2.45, 2.75) is 92.1 Å². The Morgan fingerprint density at radius 2 is 1.23 bits per heavy atom. The van der Waals surface area contributed by atoms with Gasteiger partial charge in [-0.2, -0.15) is 0 Å². The summed E-state index contributed by atoms with van der Waals surface area (Å²) in [6.45, 7) is -1.54. The molecule has 3 saturated heterocycles. The number of aliphatic carboxylic acids is 1. The molecule has 23 nitrogen and oxygen atoms in total. The van der Waals surface area contributed by atoms with E-state index in [-0.39, 0.29) is 5.56 Å². The number of aliphatic hydroxyl groups is 10. The van der Waals surface area contributed by atoms with Crippen LogP contribution in [0.3, 0.4) is 0 Å². The molecule has 0 saturated carbocycles. The number of carboxylic acid groups (broad SMARTS) is 1. The first-order valence-electron chi connectivity index (χ1n) is 16.7. The summed E-state index contributed by atoms with van der Waals surface area (Å²) in [5.74, 6) is -5.77. The Kier molecular flexibility index (Phi) is 11.9. The number of rotatable bonds is 10. The number of benzene rings is 2. The molecule has 0 spiro atoms. The lowest BCUT2D eigenvalue weighted by Gasteiger charge is -2.42. The summed E-state index contributed by atoms with van der Waals surface area (Å²) in [6.07, 6.45) is -28.3. The monoisotopic (exact) mass is 802 g/mol. The van der Waals surface area contributed by atoms with E-state index in [4.69, 9.17) is 32.8 Å². The number of phenolic OH excluding ortho intramolecular Hbond substituents is 3. The third-order valence-electron chi connectivity index (χ3n) is 9.38. The predicted molar refractivity (Wildman–Crippen MR) is 175 cm³/mol. The number of hydrogen-bond acceptors (Lipinski definition) is 22. The summed E-state index contributed by atoms with van der Waals surface area (Å²) in [5, 5.41) is 142. The minimum Gasteiger partial charge on any atom is -0.507 e. The Hall–Kier alpha value is -4.44. The van der Waals surface area contributed by atoms with Gasteiger partial charge < -0.3 is 104 Å². The quantitative estimate of drug-likeness (QED) is 0.0852. The largest absolute Gasteiger partial charge is 0.507 e. The molecule has 3 aliphatic rings. The van der Waals surface area contributed by atoms with E-state index in [2.05, 4.69) is 0 Å². The van der Waals surface area contributed by atoms with Gasteiger partial charge in [-0.05, 0) is 18.2 Å². The minimum absolute atomic E-state index is 0.180. The Morgan fingerprint density at radius 1 is 0.643 bits per heavy atom. The lowest BCUT2D eigenvalue weighted by atomic mass is 9.98. The molecule has 0 amide bonds. The summed E-state index contributed by atoms with van der Waals surface area (Å²) < 4.78 is 38.5. The van der Waals surface area contributed by atoms with Crippen molar-refractivity contribution in [3.05, 3.63) is 40.6 Å². The lowest BCUT2D eigenvalue weighted by molar-refractivity contribution is -0.323. The van der Waals surface area contributed by atoms with E-state index in [1.165, 1.54) is 0 Å². The number of phenols is 3. The number of carbonyl (C=O) groups is 1. The maximum atomic E-state index is 14.1. The van der Waals surface area contributed by atoms with Crippen LogP contribution in [0.5, 0.6) is 28.7 Å². The molecule has 0 radical (unpaired) electrons. The zero-order valence-corrected chi connectivity index (χ0v) is 28.4. The highest BCUT2D eigenvalue weighted by molar-refractivity contribution is 5.88. The van der Waals surface area contributed by atoms with Gasteiger partial charge in [-0.25, -0.2) is 4.79 Å². The van der Waals surface area contributed by atoms with Crippen molar-refractivity contribution in [3.63, 3.8) is 0 Å². The van der Waals surface area contributed by atoms with Crippen molar-refractivity contribution in [3.8, 4) is 40.1 Å². The number of ether oxygens (including phenoxy) is 6. The Morgan fingerprint density at radius 3 is 1.86 bits per heavy atom. The second-order valence-electron chi connectivity index (χ2n) is 13.1. The zero-order chi connectivity index (χ0) is 40.9. The molecule has 3 fully saturated rings. The molecule has 3 aliphatic heterocycles. The second kappa shape index (κ2) is 16.2. The Labute approximate surface area is 312 Å². The summed E-state index contributed by atoms with van der Waals surface area (Å²) in [5.41, 5.74) is -1.87. The normalized spacial score (nSPS) is 36.3. The molecular weight excluding hydrogens is 764 g/mol. The van der Waals surface area contributed by atoms with Crippen molar-refractivity contribution >= 4 is 16.9 Å². The fourth-order valence-electron chi connectivity index (χ4n) is 6.23. The van der Waals surface area contributed by atoms with Crippen molar-refractivity contribution in [2.24, 2.45) is 0 Å². The molecule has 6 rings (SSSR count). The number of aliphatic hydroxyl groups excluding tert-OH is 10. The van der Waals surface area contributed by atoms with Crippen LogP contribution in [0.4, 0.5) is 0 Å². The van der Waals surface area contributed by atoms with Crippen LogP contribution in [-0.4, -0.2) is 183 Å². The molecule has 1 aromatic heterocycles. The Balaban J connectivity index is 1.33. The molecule has 0 unspecified atom stereocenters. The van der Waals surface area contributed by atoms with Gasteiger partial charge in [0.2, 0.25) is 23.8 Å². The van der Waals surface area contributed by atoms with E-state index < -0.39 is 162 Å². The van der Waals surface area contributed by atoms with Crippen LogP contribution in [0.15, 0.2) is 39.5 Å². The van der Waals surface area contributed by atoms with Gasteiger partial charge in [0.25, 0.3) is 0 Å². The van der Waals surface area contributed by atoms with Crippen LogP contribution in [0.2, 0.25) is 0 Å². The summed E-state index contributed by atoms with van der Waals surface area (Å²) in [4.78, 5) is 25.6. The summed E-state index contributed by atoms with van der Waals surface area (Å²) >= 11 is 0. The van der Waals surface area contributed by atoms with Crippen LogP contribution in [0.25, 0.3) is 22.3 Å². The Bertz CT molecular complexity index is 1950. The molecule has 2 aromatic carbocycles. The number of aromatic hydroxyl groups is 3. The highest BCUT2D eigenvalue weighted by Gasteiger charge is 2.50. The van der Waals surface area contributed by atoms with E-state index in [0.717, 1.165) is 30.3 Å². The molecular formula is C33H38O23. The third kappa shape index (κ3) is 7.65.